The first-order valence-electron chi connectivity index (χ1n) is 6.55. The monoisotopic (exact) mass is 220 g/mol. The van der Waals surface area contributed by atoms with Gasteiger partial charge in [0.15, 0.2) is 5.78 Å². The van der Waals surface area contributed by atoms with Gasteiger partial charge < -0.3 is 4.90 Å². The highest BCUT2D eigenvalue weighted by Gasteiger charge is 2.30. The maximum Gasteiger partial charge on any atom is 0.157 e. The van der Waals surface area contributed by atoms with Crippen molar-refractivity contribution in [3.8, 4) is 0 Å². The van der Waals surface area contributed by atoms with Crippen molar-refractivity contribution in [3.63, 3.8) is 0 Å². The predicted octanol–water partition coefficient (Wildman–Crippen LogP) is 1.40. The fourth-order valence-electron chi connectivity index (χ4n) is 3.25. The first-order valence-corrected chi connectivity index (χ1v) is 6.55. The lowest BCUT2D eigenvalue weighted by atomic mass is 9.99. The highest BCUT2D eigenvalue weighted by atomic mass is 16.1. The van der Waals surface area contributed by atoms with E-state index in [1.807, 2.05) is 6.08 Å². The number of nitrogens with zero attached hydrogens (tertiary/aromatic N) is 2. The number of hydrogen-bond donors (Lipinski definition) is 0. The number of piperazine rings is 1. The number of piperidine rings is 1. The van der Waals surface area contributed by atoms with Crippen molar-refractivity contribution >= 4 is 5.78 Å². The summed E-state index contributed by atoms with van der Waals surface area (Å²) in [6.45, 7) is 4.75. The number of ketones is 1. The molecule has 2 saturated heterocycles. The molecule has 2 heterocycles. The minimum Gasteiger partial charge on any atom is -0.372 e. The lowest BCUT2D eigenvalue weighted by molar-refractivity contribution is -0.114. The molecule has 1 atom stereocenters. The van der Waals surface area contributed by atoms with E-state index in [9.17, 15) is 4.79 Å². The Hall–Kier alpha value is -0.830. The zero-order valence-corrected chi connectivity index (χ0v) is 9.82. The Morgan fingerprint density at radius 3 is 2.88 bits per heavy atom. The largest absolute Gasteiger partial charge is 0.372 e. The molecule has 0 saturated carbocycles. The molecule has 3 heteroatoms. The highest BCUT2D eigenvalue weighted by Crippen LogP contribution is 2.26. The second kappa shape index (κ2) is 4.21. The molecule has 3 rings (SSSR count). The predicted molar refractivity (Wildman–Crippen MR) is 63.1 cm³/mol. The number of hydrogen-bond acceptors (Lipinski definition) is 3. The average molecular weight is 220 g/mol. The molecule has 88 valence electrons. The van der Waals surface area contributed by atoms with Gasteiger partial charge in [-0.25, -0.2) is 0 Å². The van der Waals surface area contributed by atoms with E-state index in [1.165, 1.54) is 38.0 Å². The normalized spacial score (nSPS) is 31.5. The van der Waals surface area contributed by atoms with Gasteiger partial charge >= 0.3 is 0 Å². The second-order valence-electron chi connectivity index (χ2n) is 5.23. The lowest BCUT2D eigenvalue weighted by Crippen LogP contribution is -2.54. The van der Waals surface area contributed by atoms with E-state index in [1.54, 1.807) is 0 Å². The van der Waals surface area contributed by atoms with Crippen LogP contribution in [0.2, 0.25) is 0 Å². The summed E-state index contributed by atoms with van der Waals surface area (Å²) >= 11 is 0. The summed E-state index contributed by atoms with van der Waals surface area (Å²) in [6.07, 6.45) is 7.69. The van der Waals surface area contributed by atoms with E-state index in [-0.39, 0.29) is 0 Å². The highest BCUT2D eigenvalue weighted by molar-refractivity contribution is 5.92. The molecule has 2 aliphatic heterocycles. The maximum absolute atomic E-state index is 11.3. The van der Waals surface area contributed by atoms with Crippen LogP contribution in [-0.4, -0.2) is 47.8 Å². The number of rotatable bonds is 1. The van der Waals surface area contributed by atoms with Crippen molar-refractivity contribution in [2.75, 3.05) is 26.2 Å². The van der Waals surface area contributed by atoms with Gasteiger partial charge in [-0.05, 0) is 25.8 Å². The molecule has 3 nitrogen and oxygen atoms in total. The Kier molecular flexibility index (Phi) is 2.72. The third-order valence-electron chi connectivity index (χ3n) is 4.20. The standard InChI is InChI=1S/C13H20N2O/c16-13-5-4-11(9-13)15-8-7-14-6-2-1-3-12(14)10-15/h9,12H,1-8,10H2. The third-order valence-corrected chi connectivity index (χ3v) is 4.20. The third kappa shape index (κ3) is 1.88. The van der Waals surface area contributed by atoms with Crippen LogP contribution in [0.25, 0.3) is 0 Å². The van der Waals surface area contributed by atoms with E-state index in [0.717, 1.165) is 32.0 Å². The summed E-state index contributed by atoms with van der Waals surface area (Å²) in [5.74, 6) is 0.320. The topological polar surface area (TPSA) is 23.6 Å². The molecule has 0 aromatic carbocycles. The van der Waals surface area contributed by atoms with Crippen molar-refractivity contribution in [1.82, 2.24) is 9.80 Å². The quantitative estimate of drug-likeness (QED) is 0.667. The number of fused-ring (bicyclic) bond motifs is 1. The first kappa shape index (κ1) is 10.3. The van der Waals surface area contributed by atoms with Crippen LogP contribution in [-0.2, 0) is 4.79 Å². The molecular weight excluding hydrogens is 200 g/mol. The molecule has 0 spiro atoms. The molecule has 0 aromatic heterocycles. The molecule has 0 radical (unpaired) electrons. The SMILES string of the molecule is O=C1C=C(N2CCN3CCCCC3C2)CC1. The Morgan fingerprint density at radius 2 is 2.06 bits per heavy atom. The molecule has 1 unspecified atom stereocenters. The van der Waals surface area contributed by atoms with Crippen LogP contribution in [0.15, 0.2) is 11.8 Å². The zero-order valence-electron chi connectivity index (χ0n) is 9.82. The van der Waals surface area contributed by atoms with Gasteiger partial charge in [-0.1, -0.05) is 6.42 Å². The van der Waals surface area contributed by atoms with E-state index < -0.39 is 0 Å². The molecule has 16 heavy (non-hydrogen) atoms. The molecule has 2 fully saturated rings. The van der Waals surface area contributed by atoms with E-state index in [4.69, 9.17) is 0 Å². The minimum atomic E-state index is 0.320. The van der Waals surface area contributed by atoms with Crippen LogP contribution in [0.4, 0.5) is 0 Å². The Morgan fingerprint density at radius 1 is 1.12 bits per heavy atom. The average Bonchev–Trinajstić information content (AvgIpc) is 2.75. The van der Waals surface area contributed by atoms with Gasteiger partial charge in [-0.2, -0.15) is 0 Å². The Labute approximate surface area is 97.1 Å². The van der Waals surface area contributed by atoms with Crippen molar-refractivity contribution in [1.29, 1.82) is 0 Å². The van der Waals surface area contributed by atoms with Gasteiger partial charge in [0, 0.05) is 43.9 Å². The lowest BCUT2D eigenvalue weighted by Gasteiger charge is -2.45. The summed E-state index contributed by atoms with van der Waals surface area (Å²) in [4.78, 5) is 16.4. The Bertz CT molecular complexity index is 324. The molecule has 3 aliphatic rings. The summed E-state index contributed by atoms with van der Waals surface area (Å²) < 4.78 is 0. The minimum absolute atomic E-state index is 0.320. The molecule has 0 amide bonds. The van der Waals surface area contributed by atoms with Gasteiger partial charge in [-0.15, -0.1) is 0 Å². The zero-order chi connectivity index (χ0) is 11.0. The van der Waals surface area contributed by atoms with Crippen molar-refractivity contribution in [3.05, 3.63) is 11.8 Å². The van der Waals surface area contributed by atoms with E-state index in [2.05, 4.69) is 9.80 Å². The second-order valence-corrected chi connectivity index (χ2v) is 5.23. The fraction of sp³-hybridized carbons (Fsp3) is 0.769. The molecule has 1 aliphatic carbocycles. The van der Waals surface area contributed by atoms with Crippen LogP contribution in [0, 0.1) is 0 Å². The molecular formula is C13H20N2O. The molecule has 0 N–H and O–H groups in total. The number of carbonyl (C=O) groups is 1. The van der Waals surface area contributed by atoms with Gasteiger partial charge in [-0.3, -0.25) is 9.69 Å². The van der Waals surface area contributed by atoms with E-state index in [0.29, 0.717) is 5.78 Å². The van der Waals surface area contributed by atoms with Crippen molar-refractivity contribution < 1.29 is 4.79 Å². The van der Waals surface area contributed by atoms with Gasteiger partial charge in [0.2, 0.25) is 0 Å². The van der Waals surface area contributed by atoms with Crippen LogP contribution in [0.5, 0.6) is 0 Å². The Balaban J connectivity index is 1.66. The van der Waals surface area contributed by atoms with Crippen molar-refractivity contribution in [2.24, 2.45) is 0 Å². The smallest absolute Gasteiger partial charge is 0.157 e. The van der Waals surface area contributed by atoms with Gasteiger partial charge in [0.25, 0.3) is 0 Å². The summed E-state index contributed by atoms with van der Waals surface area (Å²) in [7, 11) is 0. The number of allylic oxidation sites excluding steroid dienone is 2. The summed E-state index contributed by atoms with van der Waals surface area (Å²) in [6, 6.07) is 0.749. The fourth-order valence-corrected chi connectivity index (χ4v) is 3.25. The van der Waals surface area contributed by atoms with Crippen LogP contribution in [0.1, 0.15) is 32.1 Å². The van der Waals surface area contributed by atoms with Crippen LogP contribution < -0.4 is 0 Å². The molecule has 0 aromatic rings. The van der Waals surface area contributed by atoms with Crippen molar-refractivity contribution in [2.45, 2.75) is 38.1 Å². The first-order chi connectivity index (χ1) is 7.83. The van der Waals surface area contributed by atoms with Crippen LogP contribution >= 0.6 is 0 Å². The summed E-state index contributed by atoms with van der Waals surface area (Å²) in [5, 5.41) is 0. The number of carbonyl (C=O) groups excluding carboxylic acids is 1. The molecule has 0 bridgehead atoms. The van der Waals surface area contributed by atoms with Crippen LogP contribution in [0.3, 0.4) is 0 Å². The summed E-state index contributed by atoms with van der Waals surface area (Å²) in [5.41, 5.74) is 1.30. The van der Waals surface area contributed by atoms with Gasteiger partial charge in [0.05, 0.1) is 0 Å². The van der Waals surface area contributed by atoms with E-state index >= 15 is 0 Å². The van der Waals surface area contributed by atoms with Gasteiger partial charge in [0.1, 0.15) is 0 Å². The maximum atomic E-state index is 11.3.